The van der Waals surface area contributed by atoms with E-state index in [9.17, 15) is 13.2 Å². The summed E-state index contributed by atoms with van der Waals surface area (Å²) < 4.78 is 27.8. The number of amides is 1. The van der Waals surface area contributed by atoms with Gasteiger partial charge in [0.2, 0.25) is 0 Å². The van der Waals surface area contributed by atoms with Crippen LogP contribution < -0.4 is 10.0 Å². The Balaban J connectivity index is 1.79. The second-order valence-corrected chi connectivity index (χ2v) is 9.11. The van der Waals surface area contributed by atoms with Crippen LogP contribution >= 0.6 is 34.8 Å². The molecule has 9 heteroatoms. The van der Waals surface area contributed by atoms with Crippen LogP contribution in [-0.4, -0.2) is 14.3 Å². The zero-order valence-electron chi connectivity index (χ0n) is 15.0. The molecule has 1 amide bonds. The molecule has 0 radical (unpaired) electrons. The number of halogens is 3. The van der Waals surface area contributed by atoms with E-state index in [1.165, 1.54) is 36.4 Å². The average Bonchev–Trinajstić information content (AvgIpc) is 2.66. The molecule has 0 aliphatic rings. The molecule has 0 spiro atoms. The number of nitrogens with one attached hydrogen (secondary N) is 2. The van der Waals surface area contributed by atoms with Crippen molar-refractivity contribution in [3.8, 4) is 0 Å². The first kappa shape index (κ1) is 21.5. The normalized spacial score (nSPS) is 11.2. The minimum atomic E-state index is -3.85. The van der Waals surface area contributed by atoms with Gasteiger partial charge >= 0.3 is 0 Å². The van der Waals surface area contributed by atoms with Crippen molar-refractivity contribution in [3.63, 3.8) is 0 Å². The minimum Gasteiger partial charge on any atom is -0.322 e. The van der Waals surface area contributed by atoms with Crippen LogP contribution in [0.5, 0.6) is 0 Å². The Morgan fingerprint density at radius 1 is 0.862 bits per heavy atom. The third-order valence-electron chi connectivity index (χ3n) is 4.03. The number of rotatable bonds is 5. The van der Waals surface area contributed by atoms with Gasteiger partial charge < -0.3 is 5.32 Å². The van der Waals surface area contributed by atoms with Crippen molar-refractivity contribution >= 4 is 62.1 Å². The highest BCUT2D eigenvalue weighted by atomic mass is 35.5. The highest BCUT2D eigenvalue weighted by Crippen LogP contribution is 2.27. The Kier molecular flexibility index (Phi) is 6.39. The van der Waals surface area contributed by atoms with Crippen molar-refractivity contribution in [1.29, 1.82) is 0 Å². The molecule has 0 aliphatic carbocycles. The molecule has 0 aliphatic heterocycles. The summed E-state index contributed by atoms with van der Waals surface area (Å²) in [4.78, 5) is 12.4. The van der Waals surface area contributed by atoms with E-state index in [1.54, 1.807) is 31.2 Å². The van der Waals surface area contributed by atoms with Crippen LogP contribution in [0.3, 0.4) is 0 Å². The summed E-state index contributed by atoms with van der Waals surface area (Å²) in [5, 5.41) is 3.85. The lowest BCUT2D eigenvalue weighted by atomic mass is 10.1. The lowest BCUT2D eigenvalue weighted by Gasteiger charge is -2.12. The van der Waals surface area contributed by atoms with Gasteiger partial charge in [-0.05, 0) is 73.2 Å². The number of aryl methyl sites for hydroxylation is 1. The van der Waals surface area contributed by atoms with Gasteiger partial charge in [-0.15, -0.1) is 0 Å². The predicted molar refractivity (Wildman–Crippen MR) is 118 cm³/mol. The summed E-state index contributed by atoms with van der Waals surface area (Å²) in [5.41, 5.74) is 1.81. The number of hydrogen-bond donors (Lipinski definition) is 2. The smallest absolute Gasteiger partial charge is 0.261 e. The van der Waals surface area contributed by atoms with Crippen LogP contribution in [0.25, 0.3) is 0 Å². The maximum absolute atomic E-state index is 12.6. The first-order chi connectivity index (χ1) is 13.7. The predicted octanol–water partition coefficient (Wildman–Crippen LogP) is 6.01. The molecule has 3 rings (SSSR count). The number of anilines is 2. The fourth-order valence-corrected chi connectivity index (χ4v) is 4.07. The molecule has 0 heterocycles. The van der Waals surface area contributed by atoms with Gasteiger partial charge in [0.05, 0.1) is 20.6 Å². The molecule has 0 fully saturated rings. The maximum atomic E-state index is 12.6. The van der Waals surface area contributed by atoms with Gasteiger partial charge in [0.15, 0.2) is 0 Å². The average molecular weight is 470 g/mol. The quantitative estimate of drug-likeness (QED) is 0.480. The lowest BCUT2D eigenvalue weighted by molar-refractivity contribution is 0.102. The van der Waals surface area contributed by atoms with Gasteiger partial charge in [-0.1, -0.05) is 34.8 Å². The summed E-state index contributed by atoms with van der Waals surface area (Å²) in [7, 11) is -3.85. The first-order valence-corrected chi connectivity index (χ1v) is 10.9. The number of carbonyl (C=O) groups excluding carboxylic acids is 1. The molecule has 0 atom stereocenters. The number of sulfonamides is 1. The third kappa shape index (κ3) is 5.22. The Morgan fingerprint density at radius 2 is 1.55 bits per heavy atom. The van der Waals surface area contributed by atoms with E-state index in [-0.39, 0.29) is 21.5 Å². The number of hydrogen-bond acceptors (Lipinski definition) is 3. The summed E-state index contributed by atoms with van der Waals surface area (Å²) >= 11 is 17.6. The molecular formula is C20H15Cl3N2O3S. The SMILES string of the molecule is Cc1cc(S(=O)(=O)Nc2ccc(Cl)c(Cl)c2)ccc1NC(=O)c1ccc(Cl)cc1. The highest BCUT2D eigenvalue weighted by molar-refractivity contribution is 7.92. The van der Waals surface area contributed by atoms with Crippen LogP contribution in [0, 0.1) is 6.92 Å². The summed E-state index contributed by atoms with van der Waals surface area (Å²) in [5.74, 6) is -0.325. The maximum Gasteiger partial charge on any atom is 0.261 e. The van der Waals surface area contributed by atoms with Gasteiger partial charge in [-0.2, -0.15) is 0 Å². The van der Waals surface area contributed by atoms with E-state index in [4.69, 9.17) is 34.8 Å². The van der Waals surface area contributed by atoms with E-state index < -0.39 is 10.0 Å². The van der Waals surface area contributed by atoms with Crippen molar-refractivity contribution in [2.24, 2.45) is 0 Å². The summed E-state index contributed by atoms with van der Waals surface area (Å²) in [6.07, 6.45) is 0. The van der Waals surface area contributed by atoms with Crippen molar-refractivity contribution in [2.75, 3.05) is 10.0 Å². The van der Waals surface area contributed by atoms with Gasteiger partial charge in [0.1, 0.15) is 0 Å². The van der Waals surface area contributed by atoms with Gasteiger partial charge in [0.25, 0.3) is 15.9 Å². The van der Waals surface area contributed by atoms with Gasteiger partial charge in [0, 0.05) is 16.3 Å². The zero-order chi connectivity index (χ0) is 21.2. The monoisotopic (exact) mass is 468 g/mol. The summed E-state index contributed by atoms with van der Waals surface area (Å²) in [6.45, 7) is 1.70. The molecule has 0 aromatic heterocycles. The Labute approximate surface area is 183 Å². The summed E-state index contributed by atoms with van der Waals surface area (Å²) in [6, 6.07) is 15.3. The fourth-order valence-electron chi connectivity index (χ4n) is 2.51. The van der Waals surface area contributed by atoms with E-state index in [1.807, 2.05) is 0 Å². The van der Waals surface area contributed by atoms with Crippen LogP contribution in [0.1, 0.15) is 15.9 Å². The Morgan fingerprint density at radius 3 is 2.17 bits per heavy atom. The standard InChI is InChI=1S/C20H15Cl3N2O3S/c1-12-10-16(29(27,28)25-15-6-8-17(22)18(23)11-15)7-9-19(12)24-20(26)13-2-4-14(21)5-3-13/h2-11,25H,1H3,(H,24,26). The molecule has 0 saturated carbocycles. The van der Waals surface area contributed by atoms with E-state index in [2.05, 4.69) is 10.0 Å². The van der Waals surface area contributed by atoms with Crippen LogP contribution in [0.15, 0.2) is 65.6 Å². The molecule has 29 heavy (non-hydrogen) atoms. The first-order valence-electron chi connectivity index (χ1n) is 8.31. The second-order valence-electron chi connectivity index (χ2n) is 6.17. The Bertz CT molecular complexity index is 1180. The number of benzene rings is 3. The molecule has 0 unspecified atom stereocenters. The second kappa shape index (κ2) is 8.63. The molecular weight excluding hydrogens is 455 g/mol. The third-order valence-corrected chi connectivity index (χ3v) is 6.40. The number of carbonyl (C=O) groups is 1. The van der Waals surface area contributed by atoms with E-state index in [0.29, 0.717) is 26.9 Å². The van der Waals surface area contributed by atoms with Crippen LogP contribution in [0.4, 0.5) is 11.4 Å². The zero-order valence-corrected chi connectivity index (χ0v) is 18.1. The van der Waals surface area contributed by atoms with Crippen molar-refractivity contribution in [2.45, 2.75) is 11.8 Å². The lowest BCUT2D eigenvalue weighted by Crippen LogP contribution is -2.15. The van der Waals surface area contributed by atoms with Crippen molar-refractivity contribution < 1.29 is 13.2 Å². The molecule has 5 nitrogen and oxygen atoms in total. The van der Waals surface area contributed by atoms with Gasteiger partial charge in [-0.25, -0.2) is 8.42 Å². The fraction of sp³-hybridized carbons (Fsp3) is 0.0500. The van der Waals surface area contributed by atoms with Crippen molar-refractivity contribution in [1.82, 2.24) is 0 Å². The molecule has 2 N–H and O–H groups in total. The van der Waals surface area contributed by atoms with E-state index >= 15 is 0 Å². The molecule has 3 aromatic carbocycles. The molecule has 0 saturated heterocycles. The largest absolute Gasteiger partial charge is 0.322 e. The van der Waals surface area contributed by atoms with Gasteiger partial charge in [-0.3, -0.25) is 9.52 Å². The molecule has 3 aromatic rings. The topological polar surface area (TPSA) is 75.3 Å². The van der Waals surface area contributed by atoms with E-state index in [0.717, 1.165) is 0 Å². The van der Waals surface area contributed by atoms with Crippen LogP contribution in [0.2, 0.25) is 15.1 Å². The van der Waals surface area contributed by atoms with Crippen LogP contribution in [-0.2, 0) is 10.0 Å². The minimum absolute atomic E-state index is 0.0468. The van der Waals surface area contributed by atoms with Crippen molar-refractivity contribution in [3.05, 3.63) is 86.9 Å². The Hall–Kier alpha value is -2.25. The highest BCUT2D eigenvalue weighted by Gasteiger charge is 2.17. The molecule has 0 bridgehead atoms. The molecule has 150 valence electrons.